The zero-order chi connectivity index (χ0) is 21.8. The van der Waals surface area contributed by atoms with Gasteiger partial charge in [0.2, 0.25) is 0 Å². The largest absolute Gasteiger partial charge is 0.508 e. The van der Waals surface area contributed by atoms with Gasteiger partial charge in [-0.15, -0.1) is 0 Å². The van der Waals surface area contributed by atoms with Gasteiger partial charge >= 0.3 is 6.01 Å². The Kier molecular flexibility index (Phi) is 6.38. The maximum Gasteiger partial charge on any atom is 0.318 e. The van der Waals surface area contributed by atoms with Crippen molar-refractivity contribution in [2.75, 3.05) is 37.8 Å². The van der Waals surface area contributed by atoms with Crippen molar-refractivity contribution in [3.8, 4) is 11.8 Å². The molecule has 1 aromatic heterocycles. The Morgan fingerprint density at radius 2 is 1.97 bits per heavy atom. The minimum atomic E-state index is -0.976. The summed E-state index contributed by atoms with van der Waals surface area (Å²) in [5.41, 5.74) is 3.06. The van der Waals surface area contributed by atoms with Crippen LogP contribution in [-0.4, -0.2) is 64.4 Å². The quantitative estimate of drug-likeness (QED) is 0.732. The number of anilines is 1. The van der Waals surface area contributed by atoms with Crippen molar-refractivity contribution in [2.24, 2.45) is 4.99 Å². The molecule has 2 N–H and O–H groups in total. The number of benzene rings is 1. The third-order valence-electron chi connectivity index (χ3n) is 5.33. The molecule has 1 aliphatic carbocycles. The SMILES string of the molecule is CC(C)(O)COc1nc(CN=C2CCCc3cc(O)ccc32)cc(N2CCOCC2)n1. The first-order valence-corrected chi connectivity index (χ1v) is 10.8. The number of aliphatic imine (C=N–C) groups is 1. The lowest BCUT2D eigenvalue weighted by atomic mass is 9.90. The van der Waals surface area contributed by atoms with Gasteiger partial charge < -0.3 is 24.6 Å². The van der Waals surface area contributed by atoms with Gasteiger partial charge in [-0.2, -0.15) is 9.97 Å². The predicted octanol–water partition coefficient (Wildman–Crippen LogP) is 2.49. The van der Waals surface area contributed by atoms with Gasteiger partial charge in [0.15, 0.2) is 0 Å². The Labute approximate surface area is 182 Å². The second kappa shape index (κ2) is 9.20. The molecule has 8 nitrogen and oxygen atoms in total. The van der Waals surface area contributed by atoms with E-state index in [1.54, 1.807) is 19.9 Å². The topological polar surface area (TPSA) is 100 Å². The third-order valence-corrected chi connectivity index (χ3v) is 5.33. The number of nitrogens with zero attached hydrogens (tertiary/aromatic N) is 4. The van der Waals surface area contributed by atoms with Crippen LogP contribution in [0.4, 0.5) is 5.82 Å². The van der Waals surface area contributed by atoms with Gasteiger partial charge in [-0.3, -0.25) is 4.99 Å². The summed E-state index contributed by atoms with van der Waals surface area (Å²) in [5, 5.41) is 19.8. The van der Waals surface area contributed by atoms with Crippen molar-refractivity contribution in [2.45, 2.75) is 45.3 Å². The van der Waals surface area contributed by atoms with Crippen LogP contribution in [0.3, 0.4) is 0 Å². The number of phenolic OH excluding ortho intramolecular Hbond substituents is 1. The number of aryl methyl sites for hydroxylation is 1. The third kappa shape index (κ3) is 5.71. The first kappa shape index (κ1) is 21.5. The Morgan fingerprint density at radius 3 is 2.74 bits per heavy atom. The molecule has 1 aliphatic heterocycles. The molecule has 1 saturated heterocycles. The van der Waals surface area contributed by atoms with E-state index >= 15 is 0 Å². The van der Waals surface area contributed by atoms with Crippen LogP contribution in [0.2, 0.25) is 0 Å². The monoisotopic (exact) mass is 426 g/mol. The van der Waals surface area contributed by atoms with E-state index in [0.717, 1.165) is 60.7 Å². The zero-order valence-corrected chi connectivity index (χ0v) is 18.2. The van der Waals surface area contributed by atoms with Crippen LogP contribution in [0.15, 0.2) is 29.3 Å². The van der Waals surface area contributed by atoms with Crippen LogP contribution in [0.25, 0.3) is 0 Å². The van der Waals surface area contributed by atoms with Gasteiger partial charge in [0, 0.05) is 24.9 Å². The van der Waals surface area contributed by atoms with Gasteiger partial charge in [0.1, 0.15) is 18.2 Å². The molecular weight excluding hydrogens is 396 g/mol. The van der Waals surface area contributed by atoms with Crippen LogP contribution in [0.1, 0.15) is 43.5 Å². The molecule has 0 bridgehead atoms. The molecule has 0 radical (unpaired) electrons. The molecule has 0 saturated carbocycles. The van der Waals surface area contributed by atoms with Gasteiger partial charge in [0.25, 0.3) is 0 Å². The smallest absolute Gasteiger partial charge is 0.318 e. The summed E-state index contributed by atoms with van der Waals surface area (Å²) in [6.45, 7) is 6.71. The Bertz CT molecular complexity index is 949. The van der Waals surface area contributed by atoms with E-state index in [2.05, 4.69) is 14.9 Å². The van der Waals surface area contributed by atoms with Gasteiger partial charge in [0.05, 0.1) is 31.1 Å². The number of aromatic nitrogens is 2. The summed E-state index contributed by atoms with van der Waals surface area (Å²) in [6.07, 6.45) is 2.87. The van der Waals surface area contributed by atoms with Crippen LogP contribution >= 0.6 is 0 Å². The molecular formula is C23H30N4O4. The number of phenols is 1. The Hall–Kier alpha value is -2.71. The fraction of sp³-hybridized carbons (Fsp3) is 0.522. The number of aliphatic hydroxyl groups is 1. The molecule has 2 aliphatic rings. The number of morpholine rings is 1. The lowest BCUT2D eigenvalue weighted by Gasteiger charge is -2.28. The molecule has 2 heterocycles. The minimum absolute atomic E-state index is 0.102. The van der Waals surface area contributed by atoms with Gasteiger partial charge in [-0.25, -0.2) is 0 Å². The van der Waals surface area contributed by atoms with Crippen molar-refractivity contribution < 1.29 is 19.7 Å². The highest BCUT2D eigenvalue weighted by Crippen LogP contribution is 2.26. The molecule has 4 rings (SSSR count). The highest BCUT2D eigenvalue weighted by atomic mass is 16.5. The minimum Gasteiger partial charge on any atom is -0.508 e. The number of hydrogen-bond donors (Lipinski definition) is 2. The molecule has 0 unspecified atom stereocenters. The van der Waals surface area contributed by atoms with Crippen molar-refractivity contribution in [1.82, 2.24) is 9.97 Å². The number of hydrogen-bond acceptors (Lipinski definition) is 8. The van der Waals surface area contributed by atoms with Crippen molar-refractivity contribution in [3.63, 3.8) is 0 Å². The molecule has 1 aromatic carbocycles. The van der Waals surface area contributed by atoms with Crippen molar-refractivity contribution in [1.29, 1.82) is 0 Å². The molecule has 0 amide bonds. The summed E-state index contributed by atoms with van der Waals surface area (Å²) >= 11 is 0. The van der Waals surface area contributed by atoms with E-state index in [4.69, 9.17) is 14.5 Å². The van der Waals surface area contributed by atoms with E-state index in [1.807, 2.05) is 18.2 Å². The number of aromatic hydroxyl groups is 1. The molecule has 1 fully saturated rings. The first-order chi connectivity index (χ1) is 14.9. The van der Waals surface area contributed by atoms with Gasteiger partial charge in [-0.05, 0) is 62.4 Å². The maximum absolute atomic E-state index is 10.0. The summed E-state index contributed by atoms with van der Waals surface area (Å²) in [5.74, 6) is 1.08. The van der Waals surface area contributed by atoms with Crippen LogP contribution in [0.5, 0.6) is 11.8 Å². The molecule has 0 atom stereocenters. The summed E-state index contributed by atoms with van der Waals surface area (Å²) in [4.78, 5) is 16.1. The predicted molar refractivity (Wildman–Crippen MR) is 118 cm³/mol. The fourth-order valence-corrected chi connectivity index (χ4v) is 3.79. The number of ether oxygens (including phenoxy) is 2. The summed E-state index contributed by atoms with van der Waals surface area (Å²) < 4.78 is 11.2. The number of rotatable bonds is 6. The zero-order valence-electron chi connectivity index (χ0n) is 18.2. The summed E-state index contributed by atoms with van der Waals surface area (Å²) in [7, 11) is 0. The van der Waals surface area contributed by atoms with Crippen molar-refractivity contribution in [3.05, 3.63) is 41.1 Å². The highest BCUT2D eigenvalue weighted by Gasteiger charge is 2.19. The van der Waals surface area contributed by atoms with E-state index in [0.29, 0.717) is 25.5 Å². The van der Waals surface area contributed by atoms with Crippen LogP contribution in [-0.2, 0) is 17.7 Å². The second-order valence-corrected chi connectivity index (χ2v) is 8.66. The van der Waals surface area contributed by atoms with Crippen molar-refractivity contribution >= 4 is 11.5 Å². The van der Waals surface area contributed by atoms with Gasteiger partial charge in [-0.1, -0.05) is 0 Å². The average molecular weight is 427 g/mol. The van der Waals surface area contributed by atoms with Crippen LogP contribution in [0, 0.1) is 0 Å². The number of fused-ring (bicyclic) bond motifs is 1. The average Bonchev–Trinajstić information content (AvgIpc) is 2.76. The summed E-state index contributed by atoms with van der Waals surface area (Å²) in [6, 6.07) is 7.68. The molecule has 0 spiro atoms. The molecule has 2 aromatic rings. The van der Waals surface area contributed by atoms with E-state index < -0.39 is 5.60 Å². The normalized spacial score (nSPS) is 18.2. The molecule has 31 heavy (non-hydrogen) atoms. The second-order valence-electron chi connectivity index (χ2n) is 8.66. The van der Waals surface area contributed by atoms with E-state index in [1.165, 1.54) is 0 Å². The van der Waals surface area contributed by atoms with E-state index in [-0.39, 0.29) is 12.6 Å². The lowest BCUT2D eigenvalue weighted by molar-refractivity contribution is 0.0249. The molecule has 166 valence electrons. The van der Waals surface area contributed by atoms with E-state index in [9.17, 15) is 10.2 Å². The highest BCUT2D eigenvalue weighted by molar-refractivity contribution is 6.02. The maximum atomic E-state index is 10.0. The Morgan fingerprint density at radius 1 is 1.16 bits per heavy atom. The lowest BCUT2D eigenvalue weighted by Crippen LogP contribution is -2.37. The molecule has 8 heteroatoms. The van der Waals surface area contributed by atoms with Crippen LogP contribution < -0.4 is 9.64 Å². The first-order valence-electron chi connectivity index (χ1n) is 10.8. The standard InChI is InChI=1S/C23H30N4O4/c1-23(2,29)15-31-22-25-17(13-21(26-22)27-8-10-30-11-9-27)14-24-20-5-3-4-16-12-18(28)6-7-19(16)20/h6-7,12-13,28-29H,3-5,8-11,14-15H2,1-2H3. The fourth-order valence-electron chi connectivity index (χ4n) is 3.79. The Balaban J connectivity index is 1.59.